The lowest BCUT2D eigenvalue weighted by Gasteiger charge is -2.34. The Hall–Kier alpha value is -0.330. The molecule has 1 rings (SSSR count). The van der Waals surface area contributed by atoms with Gasteiger partial charge in [-0.05, 0) is 32.4 Å². The van der Waals surface area contributed by atoms with Gasteiger partial charge in [-0.25, -0.2) is 0 Å². The summed E-state index contributed by atoms with van der Waals surface area (Å²) in [6, 6.07) is 0. The van der Waals surface area contributed by atoms with Crippen molar-refractivity contribution < 1.29 is 18.3 Å². The number of hydrogen-bond donors (Lipinski definition) is 1. The molecule has 3 nitrogen and oxygen atoms in total. The van der Waals surface area contributed by atoms with E-state index in [1.807, 2.05) is 0 Å². The largest absolute Gasteiger partial charge is 0.395 e. The van der Waals surface area contributed by atoms with Gasteiger partial charge in [0, 0.05) is 26.2 Å². The van der Waals surface area contributed by atoms with Crippen LogP contribution in [-0.4, -0.2) is 67.5 Å². The third-order valence-electron chi connectivity index (χ3n) is 3.37. The maximum Gasteiger partial charge on any atom is 0.390 e. The van der Waals surface area contributed by atoms with Gasteiger partial charge in [-0.15, -0.1) is 0 Å². The zero-order valence-electron chi connectivity index (χ0n) is 10.9. The minimum atomic E-state index is -4.07. The van der Waals surface area contributed by atoms with Crippen molar-refractivity contribution in [3.63, 3.8) is 0 Å². The maximum atomic E-state index is 12.1. The summed E-state index contributed by atoms with van der Waals surface area (Å²) in [4.78, 5) is 3.95. The van der Waals surface area contributed by atoms with Crippen molar-refractivity contribution >= 4 is 0 Å². The Balaban J connectivity index is 2.24. The molecule has 0 bridgehead atoms. The zero-order valence-corrected chi connectivity index (χ0v) is 10.9. The monoisotopic (exact) mass is 268 g/mol. The molecule has 0 aromatic carbocycles. The first kappa shape index (κ1) is 15.7. The average molecular weight is 268 g/mol. The molecule has 1 N–H and O–H groups in total. The topological polar surface area (TPSA) is 26.7 Å². The number of aliphatic hydroxyl groups excluding tert-OH is 1. The van der Waals surface area contributed by atoms with E-state index in [0.29, 0.717) is 19.0 Å². The fraction of sp³-hybridized carbons (Fsp3) is 1.00. The lowest BCUT2D eigenvalue weighted by Crippen LogP contribution is -2.41. The van der Waals surface area contributed by atoms with Gasteiger partial charge in [0.2, 0.25) is 0 Å². The summed E-state index contributed by atoms with van der Waals surface area (Å²) in [6.07, 6.45) is -2.67. The lowest BCUT2D eigenvalue weighted by molar-refractivity contribution is -0.137. The van der Waals surface area contributed by atoms with Gasteiger partial charge in [0.15, 0.2) is 0 Å². The summed E-state index contributed by atoms with van der Waals surface area (Å²) in [6.45, 7) is 3.47. The molecule has 1 heterocycles. The van der Waals surface area contributed by atoms with Crippen molar-refractivity contribution in [2.45, 2.75) is 25.4 Å². The quantitative estimate of drug-likeness (QED) is 0.792. The van der Waals surface area contributed by atoms with E-state index in [-0.39, 0.29) is 13.2 Å². The Labute approximate surface area is 107 Å². The number of piperidine rings is 1. The first-order chi connectivity index (χ1) is 8.40. The van der Waals surface area contributed by atoms with E-state index < -0.39 is 12.6 Å². The van der Waals surface area contributed by atoms with E-state index in [4.69, 9.17) is 5.11 Å². The first-order valence-corrected chi connectivity index (χ1v) is 6.49. The second-order valence-corrected chi connectivity index (χ2v) is 5.16. The normalized spacial score (nSPS) is 22.7. The summed E-state index contributed by atoms with van der Waals surface area (Å²) < 4.78 is 36.3. The minimum Gasteiger partial charge on any atom is -0.395 e. The standard InChI is InChI=1S/C12H23F3N2O/c1-16(6-4-12(13,14)15)9-11-3-2-5-17(10-11)7-8-18/h11,18H,2-10H2,1H3. The van der Waals surface area contributed by atoms with Crippen LogP contribution in [0.3, 0.4) is 0 Å². The SMILES string of the molecule is CN(CCC(F)(F)F)CC1CCCN(CCO)C1. The van der Waals surface area contributed by atoms with Gasteiger partial charge >= 0.3 is 6.18 Å². The van der Waals surface area contributed by atoms with Crippen LogP contribution in [0.1, 0.15) is 19.3 Å². The number of aliphatic hydroxyl groups is 1. The third kappa shape index (κ3) is 6.56. The molecule has 108 valence electrons. The van der Waals surface area contributed by atoms with Crippen molar-refractivity contribution in [3.8, 4) is 0 Å². The molecule has 1 atom stereocenters. The molecular weight excluding hydrogens is 245 g/mol. The maximum absolute atomic E-state index is 12.1. The van der Waals surface area contributed by atoms with Crippen LogP contribution in [0.2, 0.25) is 0 Å². The highest BCUT2D eigenvalue weighted by Gasteiger charge is 2.28. The Kier molecular flexibility index (Phi) is 6.38. The fourth-order valence-electron chi connectivity index (χ4n) is 2.49. The molecule has 1 aliphatic heterocycles. The number of β-amino-alcohol motifs (C(OH)–C–C–N with tert-alkyl or cyclic N) is 1. The molecule has 0 aliphatic carbocycles. The minimum absolute atomic E-state index is 0.0694. The Bertz CT molecular complexity index is 234. The molecular formula is C12H23F3N2O. The van der Waals surface area contributed by atoms with Crippen LogP contribution < -0.4 is 0 Å². The second kappa shape index (κ2) is 7.31. The molecule has 6 heteroatoms. The molecule has 0 aromatic heterocycles. The summed E-state index contributed by atoms with van der Waals surface area (Å²) in [5.41, 5.74) is 0. The van der Waals surface area contributed by atoms with Gasteiger partial charge in [0.05, 0.1) is 13.0 Å². The van der Waals surface area contributed by atoms with Gasteiger partial charge in [-0.3, -0.25) is 0 Å². The predicted octanol–water partition coefficient (Wildman–Crippen LogP) is 1.57. The van der Waals surface area contributed by atoms with E-state index in [1.54, 1.807) is 11.9 Å². The number of hydrogen-bond acceptors (Lipinski definition) is 3. The molecule has 0 spiro atoms. The van der Waals surface area contributed by atoms with Crippen LogP contribution in [0.4, 0.5) is 13.2 Å². The first-order valence-electron chi connectivity index (χ1n) is 6.49. The summed E-state index contributed by atoms with van der Waals surface area (Å²) in [7, 11) is 1.75. The Morgan fingerprint density at radius 1 is 1.39 bits per heavy atom. The molecule has 1 unspecified atom stereocenters. The van der Waals surface area contributed by atoms with Gasteiger partial charge in [0.1, 0.15) is 0 Å². The Morgan fingerprint density at radius 2 is 2.11 bits per heavy atom. The van der Waals surface area contributed by atoms with E-state index in [1.165, 1.54) is 0 Å². The van der Waals surface area contributed by atoms with Crippen molar-refractivity contribution in [3.05, 3.63) is 0 Å². The van der Waals surface area contributed by atoms with Crippen molar-refractivity contribution in [2.75, 3.05) is 46.4 Å². The predicted molar refractivity (Wildman–Crippen MR) is 64.4 cm³/mol. The molecule has 18 heavy (non-hydrogen) atoms. The van der Waals surface area contributed by atoms with Crippen LogP contribution in [0, 0.1) is 5.92 Å². The highest BCUT2D eigenvalue weighted by Crippen LogP contribution is 2.21. The van der Waals surface area contributed by atoms with Crippen LogP contribution in [-0.2, 0) is 0 Å². The third-order valence-corrected chi connectivity index (χ3v) is 3.37. The number of rotatable bonds is 6. The number of likely N-dealkylation sites (tertiary alicyclic amines) is 1. The van der Waals surface area contributed by atoms with Crippen LogP contribution in [0.5, 0.6) is 0 Å². The molecule has 0 saturated carbocycles. The molecule has 0 radical (unpaired) electrons. The number of halogens is 3. The van der Waals surface area contributed by atoms with Gasteiger partial charge in [-0.2, -0.15) is 13.2 Å². The Morgan fingerprint density at radius 3 is 2.72 bits per heavy atom. The van der Waals surface area contributed by atoms with Gasteiger partial charge in [0.25, 0.3) is 0 Å². The number of nitrogens with zero attached hydrogens (tertiary/aromatic N) is 2. The molecule has 1 fully saturated rings. The average Bonchev–Trinajstić information content (AvgIpc) is 2.26. The van der Waals surface area contributed by atoms with Crippen molar-refractivity contribution in [1.82, 2.24) is 9.80 Å². The van der Waals surface area contributed by atoms with Crippen LogP contribution in [0.15, 0.2) is 0 Å². The molecule has 0 aromatic rings. The zero-order chi connectivity index (χ0) is 13.6. The lowest BCUT2D eigenvalue weighted by atomic mass is 9.97. The van der Waals surface area contributed by atoms with E-state index in [9.17, 15) is 13.2 Å². The van der Waals surface area contributed by atoms with Crippen molar-refractivity contribution in [2.24, 2.45) is 5.92 Å². The second-order valence-electron chi connectivity index (χ2n) is 5.16. The van der Waals surface area contributed by atoms with Crippen LogP contribution >= 0.6 is 0 Å². The highest BCUT2D eigenvalue weighted by atomic mass is 19.4. The molecule has 1 aliphatic rings. The highest BCUT2D eigenvalue weighted by molar-refractivity contribution is 4.75. The van der Waals surface area contributed by atoms with Gasteiger partial charge < -0.3 is 14.9 Å². The molecule has 0 amide bonds. The van der Waals surface area contributed by atoms with E-state index in [2.05, 4.69) is 4.90 Å². The molecule has 1 saturated heterocycles. The number of alkyl halides is 3. The van der Waals surface area contributed by atoms with Crippen LogP contribution in [0.25, 0.3) is 0 Å². The van der Waals surface area contributed by atoms with E-state index >= 15 is 0 Å². The van der Waals surface area contributed by atoms with E-state index in [0.717, 1.165) is 25.9 Å². The smallest absolute Gasteiger partial charge is 0.390 e. The fourth-order valence-corrected chi connectivity index (χ4v) is 2.49. The summed E-state index contributed by atoms with van der Waals surface area (Å²) in [5, 5.41) is 8.88. The summed E-state index contributed by atoms with van der Waals surface area (Å²) >= 11 is 0. The van der Waals surface area contributed by atoms with Gasteiger partial charge in [-0.1, -0.05) is 0 Å². The summed E-state index contributed by atoms with van der Waals surface area (Å²) in [5.74, 6) is 0.420. The van der Waals surface area contributed by atoms with Crippen molar-refractivity contribution in [1.29, 1.82) is 0 Å².